The Morgan fingerprint density at radius 2 is 1.79 bits per heavy atom. The lowest BCUT2D eigenvalue weighted by molar-refractivity contribution is -0.137. The lowest BCUT2D eigenvalue weighted by Gasteiger charge is -2.19. The minimum Gasteiger partial charge on any atom is -0.463 e. The molecule has 0 saturated heterocycles. The Hall–Kier alpha value is -3.08. The molecule has 0 radical (unpaired) electrons. The second kappa shape index (κ2) is 11.7. The lowest BCUT2D eigenvalue weighted by Crippen LogP contribution is -2.37. The standard InChI is InChI=1S/C24H30N2O3/c1-4-6-7-17-25-24(28)26(3)22-10-8-9-21(18-22)20-14-11-19(12-15-20)13-16-23(27)29-5-2/h8-16,18H,4-7,17H2,1-3H3,(H,25,28)/b16-13+. The lowest BCUT2D eigenvalue weighted by atomic mass is 10.0. The number of nitrogens with one attached hydrogen (secondary N) is 1. The molecule has 0 aromatic heterocycles. The van der Waals surface area contributed by atoms with Gasteiger partial charge in [0.15, 0.2) is 0 Å². The molecule has 29 heavy (non-hydrogen) atoms. The fourth-order valence-corrected chi connectivity index (χ4v) is 2.84. The Kier molecular flexibility index (Phi) is 8.96. The smallest absolute Gasteiger partial charge is 0.330 e. The van der Waals surface area contributed by atoms with Crippen LogP contribution < -0.4 is 10.2 Å². The van der Waals surface area contributed by atoms with E-state index in [1.807, 2.05) is 48.5 Å². The summed E-state index contributed by atoms with van der Waals surface area (Å²) in [5, 5.41) is 2.96. The Morgan fingerprint density at radius 1 is 1.03 bits per heavy atom. The third kappa shape index (κ3) is 7.11. The van der Waals surface area contributed by atoms with E-state index in [1.54, 1.807) is 24.9 Å². The molecule has 5 nitrogen and oxygen atoms in total. The first-order valence-electron chi connectivity index (χ1n) is 10.1. The molecule has 2 amide bonds. The van der Waals surface area contributed by atoms with Crippen LogP contribution in [0, 0.1) is 0 Å². The average molecular weight is 395 g/mol. The Labute approximate surface area is 173 Å². The number of nitrogens with zero attached hydrogens (tertiary/aromatic N) is 1. The fraction of sp³-hybridized carbons (Fsp3) is 0.333. The van der Waals surface area contributed by atoms with Gasteiger partial charge in [-0.2, -0.15) is 0 Å². The molecule has 0 fully saturated rings. The molecule has 2 aromatic carbocycles. The number of carbonyl (C=O) groups is 2. The molecule has 0 atom stereocenters. The van der Waals surface area contributed by atoms with Crippen molar-refractivity contribution >= 4 is 23.8 Å². The van der Waals surface area contributed by atoms with Crippen LogP contribution in [0.25, 0.3) is 17.2 Å². The number of unbranched alkanes of at least 4 members (excludes halogenated alkanes) is 2. The van der Waals surface area contributed by atoms with Gasteiger partial charge in [-0.3, -0.25) is 4.90 Å². The van der Waals surface area contributed by atoms with E-state index >= 15 is 0 Å². The first-order chi connectivity index (χ1) is 14.0. The summed E-state index contributed by atoms with van der Waals surface area (Å²) in [4.78, 5) is 25.4. The maximum Gasteiger partial charge on any atom is 0.330 e. The third-order valence-corrected chi connectivity index (χ3v) is 4.54. The van der Waals surface area contributed by atoms with E-state index in [9.17, 15) is 9.59 Å². The summed E-state index contributed by atoms with van der Waals surface area (Å²) in [6.45, 7) is 4.98. The van der Waals surface area contributed by atoms with Gasteiger partial charge in [-0.15, -0.1) is 0 Å². The number of rotatable bonds is 9. The highest BCUT2D eigenvalue weighted by Gasteiger charge is 2.11. The number of carbonyl (C=O) groups excluding carboxylic acids is 2. The highest BCUT2D eigenvalue weighted by Crippen LogP contribution is 2.25. The Balaban J connectivity index is 2.04. The Bertz CT molecular complexity index is 828. The predicted molar refractivity (Wildman–Crippen MR) is 119 cm³/mol. The summed E-state index contributed by atoms with van der Waals surface area (Å²) in [7, 11) is 1.78. The molecule has 5 heteroatoms. The average Bonchev–Trinajstić information content (AvgIpc) is 2.75. The number of esters is 1. The van der Waals surface area contributed by atoms with Crippen molar-refractivity contribution in [2.24, 2.45) is 0 Å². The van der Waals surface area contributed by atoms with Crippen LogP contribution in [0.3, 0.4) is 0 Å². The van der Waals surface area contributed by atoms with Crippen molar-refractivity contribution in [2.45, 2.75) is 33.1 Å². The van der Waals surface area contributed by atoms with E-state index in [-0.39, 0.29) is 12.0 Å². The number of ether oxygens (including phenoxy) is 1. The van der Waals surface area contributed by atoms with Crippen molar-refractivity contribution in [2.75, 3.05) is 25.1 Å². The van der Waals surface area contributed by atoms with Crippen LogP contribution in [0.5, 0.6) is 0 Å². The van der Waals surface area contributed by atoms with E-state index in [2.05, 4.69) is 12.2 Å². The van der Waals surface area contributed by atoms with Gasteiger partial charge in [0.25, 0.3) is 0 Å². The van der Waals surface area contributed by atoms with Crippen molar-refractivity contribution in [3.63, 3.8) is 0 Å². The van der Waals surface area contributed by atoms with Crippen LogP contribution in [-0.4, -0.2) is 32.2 Å². The van der Waals surface area contributed by atoms with Crippen LogP contribution in [0.4, 0.5) is 10.5 Å². The third-order valence-electron chi connectivity index (χ3n) is 4.54. The van der Waals surface area contributed by atoms with Gasteiger partial charge in [0.05, 0.1) is 6.61 Å². The van der Waals surface area contributed by atoms with E-state index in [0.717, 1.165) is 41.6 Å². The molecular formula is C24H30N2O3. The van der Waals surface area contributed by atoms with Crippen molar-refractivity contribution in [3.8, 4) is 11.1 Å². The van der Waals surface area contributed by atoms with Crippen molar-refractivity contribution in [1.82, 2.24) is 5.32 Å². The SMILES string of the molecule is CCCCCNC(=O)N(C)c1cccc(-c2ccc(/C=C/C(=O)OCC)cc2)c1. The van der Waals surface area contributed by atoms with Gasteiger partial charge in [0, 0.05) is 25.4 Å². The second-order valence-electron chi connectivity index (χ2n) is 6.76. The molecule has 0 saturated carbocycles. The van der Waals surface area contributed by atoms with Gasteiger partial charge in [-0.05, 0) is 48.2 Å². The largest absolute Gasteiger partial charge is 0.463 e. The molecule has 154 valence electrons. The first-order valence-corrected chi connectivity index (χ1v) is 10.1. The summed E-state index contributed by atoms with van der Waals surface area (Å²) in [5.74, 6) is -0.347. The van der Waals surface area contributed by atoms with Gasteiger partial charge in [-0.1, -0.05) is 56.2 Å². The van der Waals surface area contributed by atoms with E-state index < -0.39 is 0 Å². The minimum absolute atomic E-state index is 0.0993. The van der Waals surface area contributed by atoms with Crippen molar-refractivity contribution in [1.29, 1.82) is 0 Å². The quantitative estimate of drug-likeness (QED) is 0.358. The highest BCUT2D eigenvalue weighted by molar-refractivity contribution is 5.92. The number of amides is 2. The second-order valence-corrected chi connectivity index (χ2v) is 6.76. The number of urea groups is 1. The summed E-state index contributed by atoms with van der Waals surface area (Å²) < 4.78 is 4.88. The molecule has 1 N–H and O–H groups in total. The van der Waals surface area contributed by atoms with E-state index in [4.69, 9.17) is 4.74 Å². The summed E-state index contributed by atoms with van der Waals surface area (Å²) in [6.07, 6.45) is 6.39. The van der Waals surface area contributed by atoms with E-state index in [0.29, 0.717) is 13.2 Å². The molecule has 0 unspecified atom stereocenters. The zero-order valence-electron chi connectivity index (χ0n) is 17.5. The number of anilines is 1. The van der Waals surface area contributed by atoms with Gasteiger partial charge >= 0.3 is 12.0 Å². The molecule has 0 aliphatic heterocycles. The predicted octanol–water partition coefficient (Wildman–Crippen LogP) is 5.27. The minimum atomic E-state index is -0.347. The zero-order chi connectivity index (χ0) is 21.1. The Morgan fingerprint density at radius 3 is 2.48 bits per heavy atom. The molecule has 2 rings (SSSR count). The van der Waals surface area contributed by atoms with Crippen molar-refractivity contribution < 1.29 is 14.3 Å². The van der Waals surface area contributed by atoms with Crippen molar-refractivity contribution in [3.05, 3.63) is 60.2 Å². The van der Waals surface area contributed by atoms with Crippen LogP contribution in [0.1, 0.15) is 38.7 Å². The topological polar surface area (TPSA) is 58.6 Å². The van der Waals surface area contributed by atoms with Crippen LogP contribution in [0.2, 0.25) is 0 Å². The maximum atomic E-state index is 12.3. The van der Waals surface area contributed by atoms with Crippen LogP contribution in [-0.2, 0) is 9.53 Å². The molecule has 2 aromatic rings. The molecule has 0 bridgehead atoms. The molecule has 0 spiro atoms. The molecule has 0 aliphatic rings. The summed E-state index contributed by atoms with van der Waals surface area (Å²) in [5.41, 5.74) is 3.81. The van der Waals surface area contributed by atoms with E-state index in [1.165, 1.54) is 6.08 Å². The molecule has 0 heterocycles. The molecular weight excluding hydrogens is 364 g/mol. The number of benzene rings is 2. The van der Waals surface area contributed by atoms with Gasteiger partial charge in [0.2, 0.25) is 0 Å². The molecule has 0 aliphatic carbocycles. The van der Waals surface area contributed by atoms with Gasteiger partial charge < -0.3 is 10.1 Å². The van der Waals surface area contributed by atoms with Crippen LogP contribution >= 0.6 is 0 Å². The first kappa shape index (κ1) is 22.2. The monoisotopic (exact) mass is 394 g/mol. The number of hydrogen-bond donors (Lipinski definition) is 1. The zero-order valence-corrected chi connectivity index (χ0v) is 17.5. The summed E-state index contributed by atoms with van der Waals surface area (Å²) >= 11 is 0. The van der Waals surface area contributed by atoms with Gasteiger partial charge in [-0.25, -0.2) is 9.59 Å². The van der Waals surface area contributed by atoms with Crippen LogP contribution in [0.15, 0.2) is 54.6 Å². The normalized spacial score (nSPS) is 10.7. The van der Waals surface area contributed by atoms with Gasteiger partial charge in [0.1, 0.15) is 0 Å². The fourth-order valence-electron chi connectivity index (χ4n) is 2.84. The number of hydrogen-bond acceptors (Lipinski definition) is 3. The highest BCUT2D eigenvalue weighted by atomic mass is 16.5. The maximum absolute atomic E-state index is 12.3. The summed E-state index contributed by atoms with van der Waals surface area (Å²) in [6, 6.07) is 15.7.